The van der Waals surface area contributed by atoms with Crippen molar-refractivity contribution in [3.8, 4) is 0 Å². The summed E-state index contributed by atoms with van der Waals surface area (Å²) in [7, 11) is 0. The molecule has 0 radical (unpaired) electrons. The van der Waals surface area contributed by atoms with E-state index in [-0.39, 0.29) is 0 Å². The number of carbonyl (C=O) groups is 2. The van der Waals surface area contributed by atoms with E-state index in [0.29, 0.717) is 20.7 Å². The van der Waals surface area contributed by atoms with Crippen molar-refractivity contribution in [2.45, 2.75) is 12.5 Å². The third kappa shape index (κ3) is 2.19. The molecule has 2 aromatic rings. The quantitative estimate of drug-likeness (QED) is 0.851. The molecule has 3 amide bonds. The molecular formula is C13H9Cl2N3O2S. The number of benzene rings is 1. The normalized spacial score (nSPS) is 21.8. The molecule has 1 saturated heterocycles. The van der Waals surface area contributed by atoms with E-state index >= 15 is 0 Å². The second-order valence-corrected chi connectivity index (χ2v) is 6.33. The third-order valence-corrected chi connectivity index (χ3v) is 4.79. The van der Waals surface area contributed by atoms with E-state index in [1.807, 2.05) is 0 Å². The number of nitrogens with zero attached hydrogens (tertiary/aromatic N) is 2. The van der Waals surface area contributed by atoms with Gasteiger partial charge in [-0.1, -0.05) is 29.3 Å². The van der Waals surface area contributed by atoms with Crippen molar-refractivity contribution in [3.63, 3.8) is 0 Å². The molecule has 3 rings (SSSR count). The zero-order chi connectivity index (χ0) is 15.2. The van der Waals surface area contributed by atoms with Crippen molar-refractivity contribution in [2.24, 2.45) is 0 Å². The lowest BCUT2D eigenvalue weighted by Crippen LogP contribution is -2.40. The van der Waals surface area contributed by atoms with Gasteiger partial charge < -0.3 is 5.32 Å². The lowest BCUT2D eigenvalue weighted by Gasteiger charge is -2.22. The van der Waals surface area contributed by atoms with Crippen molar-refractivity contribution in [1.29, 1.82) is 0 Å². The molecule has 0 spiro atoms. The topological polar surface area (TPSA) is 62.3 Å². The maximum Gasteiger partial charge on any atom is 0.331 e. The van der Waals surface area contributed by atoms with Crippen molar-refractivity contribution in [2.75, 3.05) is 4.90 Å². The first-order valence-electron chi connectivity index (χ1n) is 5.95. The van der Waals surface area contributed by atoms with Crippen LogP contribution in [0.2, 0.25) is 10.0 Å². The summed E-state index contributed by atoms with van der Waals surface area (Å²) in [4.78, 5) is 29.8. The number of thiazole rings is 1. The summed E-state index contributed by atoms with van der Waals surface area (Å²) in [6.45, 7) is 1.63. The zero-order valence-electron chi connectivity index (χ0n) is 10.8. The van der Waals surface area contributed by atoms with E-state index in [0.717, 1.165) is 4.90 Å². The Labute approximate surface area is 134 Å². The molecule has 0 unspecified atom stereocenters. The molecule has 0 saturated carbocycles. The molecule has 1 aliphatic heterocycles. The van der Waals surface area contributed by atoms with E-state index in [4.69, 9.17) is 23.2 Å². The molecule has 1 aliphatic rings. The number of carbonyl (C=O) groups excluding carboxylic acids is 2. The number of anilines is 1. The van der Waals surface area contributed by atoms with Gasteiger partial charge in [-0.3, -0.25) is 4.79 Å². The van der Waals surface area contributed by atoms with Gasteiger partial charge in [0.05, 0.1) is 10.0 Å². The number of halogens is 2. The minimum Gasteiger partial charge on any atom is -0.319 e. The van der Waals surface area contributed by atoms with Crippen LogP contribution in [-0.2, 0) is 10.3 Å². The maximum absolute atomic E-state index is 12.7. The van der Waals surface area contributed by atoms with Crippen LogP contribution in [0, 0.1) is 0 Å². The van der Waals surface area contributed by atoms with Crippen LogP contribution < -0.4 is 10.2 Å². The average Bonchev–Trinajstić information content (AvgIpc) is 3.02. The fourth-order valence-corrected chi connectivity index (χ4v) is 3.08. The SMILES string of the molecule is C[C@]1(c2ccc(Cl)c(Cl)c2)NC(=O)N(c2nccs2)C1=O. The van der Waals surface area contributed by atoms with Gasteiger partial charge in [0, 0.05) is 11.6 Å². The molecule has 5 nitrogen and oxygen atoms in total. The molecule has 8 heteroatoms. The highest BCUT2D eigenvalue weighted by atomic mass is 35.5. The Morgan fingerprint density at radius 3 is 2.67 bits per heavy atom. The van der Waals surface area contributed by atoms with E-state index in [9.17, 15) is 9.59 Å². The van der Waals surface area contributed by atoms with Crippen LogP contribution in [0.3, 0.4) is 0 Å². The number of imide groups is 1. The second-order valence-electron chi connectivity index (χ2n) is 4.64. The molecule has 108 valence electrons. The summed E-state index contributed by atoms with van der Waals surface area (Å²) >= 11 is 13.1. The predicted molar refractivity (Wildman–Crippen MR) is 81.9 cm³/mol. The Morgan fingerprint density at radius 2 is 2.05 bits per heavy atom. The van der Waals surface area contributed by atoms with Gasteiger partial charge in [0.2, 0.25) is 5.13 Å². The molecule has 21 heavy (non-hydrogen) atoms. The standard InChI is InChI=1S/C13H9Cl2N3O2S/c1-13(7-2-3-8(14)9(15)6-7)10(19)18(11(20)17-13)12-16-4-5-21-12/h2-6H,1H3,(H,17,20)/t13-/m1/s1. The van der Waals surface area contributed by atoms with Crippen LogP contribution in [0.25, 0.3) is 0 Å². The summed E-state index contributed by atoms with van der Waals surface area (Å²) in [5.74, 6) is -0.402. The van der Waals surface area contributed by atoms with Gasteiger partial charge in [-0.15, -0.1) is 11.3 Å². The summed E-state index contributed by atoms with van der Waals surface area (Å²) in [5.41, 5.74) is -0.633. The highest BCUT2D eigenvalue weighted by Gasteiger charge is 2.50. The van der Waals surface area contributed by atoms with Gasteiger partial charge in [0.1, 0.15) is 5.54 Å². The predicted octanol–water partition coefficient (Wildman–Crippen LogP) is 3.42. The van der Waals surface area contributed by atoms with Crippen LogP contribution >= 0.6 is 34.5 Å². The molecule has 0 bridgehead atoms. The Bertz CT molecular complexity index is 735. The smallest absolute Gasteiger partial charge is 0.319 e. The van der Waals surface area contributed by atoms with Crippen LogP contribution in [0.1, 0.15) is 12.5 Å². The van der Waals surface area contributed by atoms with Crippen molar-refractivity contribution < 1.29 is 9.59 Å². The molecule has 2 heterocycles. The minimum absolute atomic E-state index is 0.324. The first-order valence-corrected chi connectivity index (χ1v) is 7.59. The molecule has 1 aromatic heterocycles. The van der Waals surface area contributed by atoms with Gasteiger partial charge in [-0.2, -0.15) is 0 Å². The first-order chi connectivity index (χ1) is 9.93. The highest BCUT2D eigenvalue weighted by molar-refractivity contribution is 7.14. The van der Waals surface area contributed by atoms with Crippen molar-refractivity contribution in [3.05, 3.63) is 45.4 Å². The second kappa shape index (κ2) is 4.98. The largest absolute Gasteiger partial charge is 0.331 e. The number of rotatable bonds is 2. The van der Waals surface area contributed by atoms with Crippen LogP contribution in [0.4, 0.5) is 9.93 Å². The number of urea groups is 1. The monoisotopic (exact) mass is 341 g/mol. The Kier molecular flexibility index (Phi) is 3.39. The van der Waals surface area contributed by atoms with Crippen LogP contribution in [-0.4, -0.2) is 16.9 Å². The van der Waals surface area contributed by atoms with Crippen molar-refractivity contribution >= 4 is 51.6 Å². The molecular weight excluding hydrogens is 333 g/mol. The van der Waals surface area contributed by atoms with E-state index in [1.165, 1.54) is 17.5 Å². The molecule has 1 fully saturated rings. The summed E-state index contributed by atoms with van der Waals surface area (Å²) < 4.78 is 0. The molecule has 1 N–H and O–H groups in total. The number of nitrogens with one attached hydrogen (secondary N) is 1. The average molecular weight is 342 g/mol. The molecule has 1 aromatic carbocycles. The first kappa shape index (κ1) is 14.3. The lowest BCUT2D eigenvalue weighted by atomic mass is 9.92. The zero-order valence-corrected chi connectivity index (χ0v) is 13.1. The van der Waals surface area contributed by atoms with Crippen LogP contribution in [0.15, 0.2) is 29.8 Å². The van der Waals surface area contributed by atoms with E-state index in [2.05, 4.69) is 10.3 Å². The van der Waals surface area contributed by atoms with Crippen LogP contribution in [0.5, 0.6) is 0 Å². The number of aromatic nitrogens is 1. The Morgan fingerprint density at radius 1 is 1.29 bits per heavy atom. The van der Waals surface area contributed by atoms with E-state index < -0.39 is 17.5 Å². The number of hydrogen-bond donors (Lipinski definition) is 1. The fraction of sp³-hybridized carbons (Fsp3) is 0.154. The Balaban J connectivity index is 2.04. The third-order valence-electron chi connectivity index (χ3n) is 3.30. The van der Waals surface area contributed by atoms with Gasteiger partial charge in [-0.05, 0) is 24.6 Å². The number of hydrogen-bond acceptors (Lipinski definition) is 4. The summed E-state index contributed by atoms with van der Waals surface area (Å²) in [5, 5.41) is 5.43. The number of amides is 3. The van der Waals surface area contributed by atoms with Gasteiger partial charge >= 0.3 is 6.03 Å². The van der Waals surface area contributed by atoms with Crippen molar-refractivity contribution in [1.82, 2.24) is 10.3 Å². The fourth-order valence-electron chi connectivity index (χ4n) is 2.14. The lowest BCUT2D eigenvalue weighted by molar-refractivity contribution is -0.121. The minimum atomic E-state index is -1.20. The van der Waals surface area contributed by atoms with Gasteiger partial charge in [0.25, 0.3) is 5.91 Å². The maximum atomic E-state index is 12.7. The van der Waals surface area contributed by atoms with E-state index in [1.54, 1.807) is 30.5 Å². The summed E-state index contributed by atoms with van der Waals surface area (Å²) in [6.07, 6.45) is 1.54. The van der Waals surface area contributed by atoms with Gasteiger partial charge in [-0.25, -0.2) is 14.7 Å². The van der Waals surface area contributed by atoms with Gasteiger partial charge in [0.15, 0.2) is 0 Å². The highest BCUT2D eigenvalue weighted by Crippen LogP contribution is 2.35. The molecule has 0 aliphatic carbocycles. The summed E-state index contributed by atoms with van der Waals surface area (Å²) in [6, 6.07) is 4.32. The Hall–Kier alpha value is -1.63. The molecule has 1 atom stereocenters.